The number of thiazole rings is 1. The molecule has 0 fully saturated rings. The topological polar surface area (TPSA) is 55.6 Å². The number of fused-ring (bicyclic) bond motifs is 1. The van der Waals surface area contributed by atoms with Crippen LogP contribution in [0.3, 0.4) is 0 Å². The van der Waals surface area contributed by atoms with Crippen LogP contribution in [-0.2, 0) is 6.54 Å². The molecule has 0 unspecified atom stereocenters. The van der Waals surface area contributed by atoms with Gasteiger partial charge >= 0.3 is 0 Å². The van der Waals surface area contributed by atoms with Crippen LogP contribution in [0.4, 0.5) is 9.52 Å². The van der Waals surface area contributed by atoms with Gasteiger partial charge in [0, 0.05) is 5.56 Å². The number of benzene rings is 2. The number of halogens is 1. The summed E-state index contributed by atoms with van der Waals surface area (Å²) in [7, 11) is 1.58. The number of rotatable bonds is 5. The van der Waals surface area contributed by atoms with E-state index in [9.17, 15) is 9.18 Å². The summed E-state index contributed by atoms with van der Waals surface area (Å²) in [6.07, 6.45) is 1.55. The van der Waals surface area contributed by atoms with Gasteiger partial charge in [0.1, 0.15) is 22.8 Å². The third-order valence-corrected chi connectivity index (χ3v) is 5.57. The molecule has 2 heterocycles. The molecule has 4 aromatic rings. The third kappa shape index (κ3) is 3.36. The summed E-state index contributed by atoms with van der Waals surface area (Å²) < 4.78 is 25.4. The van der Waals surface area contributed by atoms with Gasteiger partial charge in [-0.3, -0.25) is 9.69 Å². The first-order valence-electron chi connectivity index (χ1n) is 8.61. The average molecular weight is 396 g/mol. The van der Waals surface area contributed by atoms with E-state index in [4.69, 9.17) is 9.15 Å². The van der Waals surface area contributed by atoms with Gasteiger partial charge in [-0.2, -0.15) is 0 Å². The van der Waals surface area contributed by atoms with Crippen molar-refractivity contribution in [1.82, 2.24) is 4.98 Å². The minimum Gasteiger partial charge on any atom is -0.494 e. The molecule has 0 aliphatic rings. The highest BCUT2D eigenvalue weighted by atomic mass is 32.1. The molecule has 0 aliphatic heterocycles. The smallest absolute Gasteiger partial charge is 0.260 e. The van der Waals surface area contributed by atoms with Crippen molar-refractivity contribution in [2.45, 2.75) is 13.5 Å². The number of carbonyl (C=O) groups excluding carboxylic acids is 1. The minimum absolute atomic E-state index is 0.184. The normalized spacial score (nSPS) is 11.0. The standard InChI is InChI=1S/C21H17FN2O3S/c1-13-8-9-17(26-2)18-19(13)28-21(23-18)24(12-16-7-4-10-27-16)20(25)14-5-3-6-15(22)11-14/h3-11H,12H2,1-2H3. The first kappa shape index (κ1) is 18.2. The lowest BCUT2D eigenvalue weighted by Crippen LogP contribution is -2.30. The van der Waals surface area contributed by atoms with Gasteiger partial charge in [-0.1, -0.05) is 23.5 Å². The van der Waals surface area contributed by atoms with Gasteiger partial charge in [-0.25, -0.2) is 9.37 Å². The molecule has 0 aliphatic carbocycles. The van der Waals surface area contributed by atoms with Crippen LogP contribution in [0.2, 0.25) is 0 Å². The molecule has 7 heteroatoms. The zero-order valence-electron chi connectivity index (χ0n) is 15.3. The summed E-state index contributed by atoms with van der Waals surface area (Å²) in [4.78, 5) is 19.3. The first-order valence-corrected chi connectivity index (χ1v) is 9.42. The van der Waals surface area contributed by atoms with Gasteiger partial charge in [0.15, 0.2) is 5.13 Å². The molecule has 0 spiro atoms. The molecule has 0 bridgehead atoms. The molecule has 5 nitrogen and oxygen atoms in total. The number of anilines is 1. The van der Waals surface area contributed by atoms with Crippen molar-refractivity contribution in [1.29, 1.82) is 0 Å². The zero-order chi connectivity index (χ0) is 19.7. The lowest BCUT2D eigenvalue weighted by Gasteiger charge is -2.18. The number of ether oxygens (including phenoxy) is 1. The number of methoxy groups -OCH3 is 1. The molecule has 0 atom stereocenters. The number of aromatic nitrogens is 1. The molecule has 0 N–H and O–H groups in total. The maximum Gasteiger partial charge on any atom is 0.260 e. The highest BCUT2D eigenvalue weighted by Crippen LogP contribution is 2.37. The molecule has 4 rings (SSSR count). The van der Waals surface area contributed by atoms with Crippen molar-refractivity contribution in [2.75, 3.05) is 12.0 Å². The predicted octanol–water partition coefficient (Wildman–Crippen LogP) is 5.19. The Morgan fingerprint density at radius 1 is 1.25 bits per heavy atom. The first-order chi connectivity index (χ1) is 13.6. The van der Waals surface area contributed by atoms with E-state index in [0.29, 0.717) is 22.2 Å². The molecule has 142 valence electrons. The molecule has 2 aromatic heterocycles. The monoisotopic (exact) mass is 396 g/mol. The fourth-order valence-corrected chi connectivity index (χ4v) is 3.99. The second-order valence-corrected chi connectivity index (χ2v) is 7.22. The summed E-state index contributed by atoms with van der Waals surface area (Å²) in [6.45, 7) is 2.17. The van der Waals surface area contributed by atoms with Crippen molar-refractivity contribution < 1.29 is 18.3 Å². The van der Waals surface area contributed by atoms with E-state index >= 15 is 0 Å². The Labute approximate surface area is 165 Å². The van der Waals surface area contributed by atoms with Gasteiger partial charge in [0.05, 0.1) is 24.6 Å². The van der Waals surface area contributed by atoms with Crippen LogP contribution in [0, 0.1) is 12.7 Å². The van der Waals surface area contributed by atoms with E-state index in [1.807, 2.05) is 19.1 Å². The predicted molar refractivity (Wildman–Crippen MR) is 107 cm³/mol. The largest absolute Gasteiger partial charge is 0.494 e. The highest BCUT2D eigenvalue weighted by Gasteiger charge is 2.24. The maximum absolute atomic E-state index is 13.7. The molecular weight excluding hydrogens is 379 g/mol. The van der Waals surface area contributed by atoms with E-state index in [1.165, 1.54) is 34.4 Å². The van der Waals surface area contributed by atoms with Gasteiger partial charge < -0.3 is 9.15 Å². The number of carbonyl (C=O) groups is 1. The van der Waals surface area contributed by atoms with Gasteiger partial charge in [0.25, 0.3) is 5.91 Å². The van der Waals surface area contributed by atoms with Crippen LogP contribution in [-0.4, -0.2) is 18.0 Å². The Morgan fingerprint density at radius 3 is 2.82 bits per heavy atom. The molecule has 0 saturated heterocycles. The van der Waals surface area contributed by atoms with Crippen LogP contribution in [0.25, 0.3) is 10.2 Å². The summed E-state index contributed by atoms with van der Waals surface area (Å²) >= 11 is 1.39. The van der Waals surface area contributed by atoms with Crippen molar-refractivity contribution in [2.24, 2.45) is 0 Å². The molecule has 28 heavy (non-hydrogen) atoms. The van der Waals surface area contributed by atoms with Crippen molar-refractivity contribution >= 4 is 32.6 Å². The second-order valence-electron chi connectivity index (χ2n) is 6.24. The van der Waals surface area contributed by atoms with Crippen molar-refractivity contribution in [3.8, 4) is 5.75 Å². The van der Waals surface area contributed by atoms with E-state index in [2.05, 4.69) is 4.98 Å². The van der Waals surface area contributed by atoms with Gasteiger partial charge in [0.2, 0.25) is 0 Å². The second kappa shape index (κ2) is 7.44. The molecular formula is C21H17FN2O3S. The fraction of sp³-hybridized carbons (Fsp3) is 0.143. The van der Waals surface area contributed by atoms with E-state index < -0.39 is 5.82 Å². The lowest BCUT2D eigenvalue weighted by molar-refractivity contribution is 0.0983. The van der Waals surface area contributed by atoms with Crippen molar-refractivity contribution in [3.63, 3.8) is 0 Å². The number of amides is 1. The number of furan rings is 1. The van der Waals surface area contributed by atoms with Crippen LogP contribution in [0.1, 0.15) is 21.7 Å². The minimum atomic E-state index is -0.467. The maximum atomic E-state index is 13.7. The van der Waals surface area contributed by atoms with Gasteiger partial charge in [-0.05, 0) is 48.9 Å². The van der Waals surface area contributed by atoms with Crippen LogP contribution in [0.15, 0.2) is 59.2 Å². The Balaban J connectivity index is 1.82. The number of nitrogens with zero attached hydrogens (tertiary/aromatic N) is 2. The van der Waals surface area contributed by atoms with E-state index in [-0.39, 0.29) is 18.0 Å². The molecule has 2 aromatic carbocycles. The fourth-order valence-electron chi connectivity index (χ4n) is 2.94. The molecule has 0 radical (unpaired) electrons. The number of hydrogen-bond donors (Lipinski definition) is 0. The SMILES string of the molecule is COc1ccc(C)c2sc(N(Cc3ccco3)C(=O)c3cccc(F)c3)nc12. The highest BCUT2D eigenvalue weighted by molar-refractivity contribution is 7.22. The Hall–Kier alpha value is -3.19. The van der Waals surface area contributed by atoms with E-state index in [1.54, 1.807) is 31.6 Å². The zero-order valence-corrected chi connectivity index (χ0v) is 16.1. The summed E-state index contributed by atoms with van der Waals surface area (Å²) in [5.41, 5.74) is 1.98. The molecule has 1 amide bonds. The van der Waals surface area contributed by atoms with Crippen LogP contribution < -0.4 is 9.64 Å². The summed E-state index contributed by atoms with van der Waals surface area (Å²) in [5, 5.41) is 0.494. The summed E-state index contributed by atoms with van der Waals surface area (Å²) in [5.74, 6) is 0.420. The Morgan fingerprint density at radius 2 is 2.11 bits per heavy atom. The quantitative estimate of drug-likeness (QED) is 0.466. The lowest BCUT2D eigenvalue weighted by atomic mass is 10.2. The number of aryl methyl sites for hydroxylation is 1. The Bertz CT molecular complexity index is 1140. The van der Waals surface area contributed by atoms with Gasteiger partial charge in [-0.15, -0.1) is 0 Å². The van der Waals surface area contributed by atoms with Crippen LogP contribution >= 0.6 is 11.3 Å². The van der Waals surface area contributed by atoms with E-state index in [0.717, 1.165) is 10.3 Å². The van der Waals surface area contributed by atoms with Crippen LogP contribution in [0.5, 0.6) is 5.75 Å². The summed E-state index contributed by atoms with van der Waals surface area (Å²) in [6, 6.07) is 13.0. The average Bonchev–Trinajstić information content (AvgIpc) is 3.36. The Kier molecular flexibility index (Phi) is 4.83. The number of hydrogen-bond acceptors (Lipinski definition) is 5. The molecule has 0 saturated carbocycles. The van der Waals surface area contributed by atoms with Crippen molar-refractivity contribution in [3.05, 3.63) is 77.5 Å². The third-order valence-electron chi connectivity index (χ3n) is 4.35.